The van der Waals surface area contributed by atoms with Gasteiger partial charge in [0.2, 0.25) is 0 Å². The molecule has 3 nitrogen and oxygen atoms in total. The Morgan fingerprint density at radius 2 is 1.85 bits per heavy atom. The topological polar surface area (TPSA) is 30.7 Å². The van der Waals surface area contributed by atoms with Crippen molar-refractivity contribution in [2.24, 2.45) is 0 Å². The third kappa shape index (κ3) is 2.51. The predicted molar refractivity (Wildman–Crippen MR) is 106 cm³/mol. The van der Waals surface area contributed by atoms with E-state index < -0.39 is 0 Å². The van der Waals surface area contributed by atoms with Crippen molar-refractivity contribution >= 4 is 10.9 Å². The lowest BCUT2D eigenvalue weighted by atomic mass is 9.90. The molecule has 0 bridgehead atoms. The molecule has 0 aliphatic heterocycles. The van der Waals surface area contributed by atoms with E-state index in [9.17, 15) is 0 Å². The number of nitrogens with zero attached hydrogens (tertiary/aromatic N) is 3. The van der Waals surface area contributed by atoms with Gasteiger partial charge in [-0.3, -0.25) is 0 Å². The molecule has 0 spiro atoms. The molecule has 0 unspecified atom stereocenters. The monoisotopic (exact) mass is 339 g/mol. The van der Waals surface area contributed by atoms with Crippen molar-refractivity contribution in [2.45, 2.75) is 32.6 Å². The average Bonchev–Trinajstić information content (AvgIpc) is 3.17. The Balaban J connectivity index is 1.59. The lowest BCUT2D eigenvalue weighted by Gasteiger charge is -2.19. The molecule has 3 heteroatoms. The van der Waals surface area contributed by atoms with Gasteiger partial charge in [0, 0.05) is 17.1 Å². The van der Waals surface area contributed by atoms with E-state index in [0.717, 1.165) is 23.2 Å². The van der Waals surface area contributed by atoms with Crippen LogP contribution < -0.4 is 0 Å². The van der Waals surface area contributed by atoms with Gasteiger partial charge >= 0.3 is 0 Å². The van der Waals surface area contributed by atoms with Crippen molar-refractivity contribution in [1.82, 2.24) is 14.8 Å². The van der Waals surface area contributed by atoms with E-state index in [1.54, 1.807) is 0 Å². The Kier molecular flexibility index (Phi) is 3.59. The van der Waals surface area contributed by atoms with Crippen molar-refractivity contribution in [3.63, 3.8) is 0 Å². The van der Waals surface area contributed by atoms with Crippen LogP contribution in [0.2, 0.25) is 0 Å². The van der Waals surface area contributed by atoms with E-state index >= 15 is 0 Å². The van der Waals surface area contributed by atoms with Crippen LogP contribution in [0.15, 0.2) is 60.9 Å². The second-order valence-corrected chi connectivity index (χ2v) is 7.14. The van der Waals surface area contributed by atoms with Gasteiger partial charge in [0.15, 0.2) is 0 Å². The minimum Gasteiger partial charge on any atom is -0.248 e. The molecule has 0 N–H and O–H groups in total. The number of hydrogen-bond acceptors (Lipinski definition) is 2. The molecule has 2 aromatic carbocycles. The maximum absolute atomic E-state index is 4.85. The van der Waals surface area contributed by atoms with Gasteiger partial charge in [-0.2, -0.15) is 5.10 Å². The summed E-state index contributed by atoms with van der Waals surface area (Å²) in [5.74, 6) is 0. The zero-order valence-electron chi connectivity index (χ0n) is 14.9. The van der Waals surface area contributed by atoms with Crippen molar-refractivity contribution in [3.05, 3.63) is 77.6 Å². The lowest BCUT2D eigenvalue weighted by molar-refractivity contribution is 0.677. The maximum atomic E-state index is 4.85. The largest absolute Gasteiger partial charge is 0.248 e. The van der Waals surface area contributed by atoms with Crippen molar-refractivity contribution in [3.8, 4) is 16.9 Å². The smallest absolute Gasteiger partial charge is 0.0744 e. The van der Waals surface area contributed by atoms with Crippen LogP contribution in [0.5, 0.6) is 0 Å². The molecule has 0 saturated heterocycles. The normalized spacial score (nSPS) is 13.7. The predicted octanol–water partition coefficient (Wildman–Crippen LogP) is 5.27. The summed E-state index contributed by atoms with van der Waals surface area (Å²) in [6, 6.07) is 17.1. The van der Waals surface area contributed by atoms with Gasteiger partial charge in [0.1, 0.15) is 0 Å². The minimum absolute atomic E-state index is 0.984. The number of hydrogen-bond donors (Lipinski definition) is 0. The summed E-state index contributed by atoms with van der Waals surface area (Å²) in [7, 11) is 0. The summed E-state index contributed by atoms with van der Waals surface area (Å²) in [4.78, 5) is 4.85. The second-order valence-electron chi connectivity index (χ2n) is 7.14. The van der Waals surface area contributed by atoms with Crippen LogP contribution >= 0.6 is 0 Å². The van der Waals surface area contributed by atoms with E-state index in [1.807, 2.05) is 16.9 Å². The van der Waals surface area contributed by atoms with Gasteiger partial charge in [0.05, 0.1) is 23.1 Å². The van der Waals surface area contributed by atoms with Crippen LogP contribution in [0.4, 0.5) is 0 Å². The summed E-state index contributed by atoms with van der Waals surface area (Å²) in [5, 5.41) is 5.87. The Morgan fingerprint density at radius 1 is 0.962 bits per heavy atom. The van der Waals surface area contributed by atoms with E-state index in [1.165, 1.54) is 47.0 Å². The van der Waals surface area contributed by atoms with Crippen molar-refractivity contribution < 1.29 is 0 Å². The highest BCUT2D eigenvalue weighted by Crippen LogP contribution is 2.29. The molecule has 26 heavy (non-hydrogen) atoms. The number of aromatic nitrogens is 3. The fraction of sp³-hybridized carbons (Fsp3) is 0.217. The molecule has 0 fully saturated rings. The number of para-hydroxylation sites is 1. The van der Waals surface area contributed by atoms with Crippen LogP contribution in [-0.4, -0.2) is 14.8 Å². The molecule has 0 saturated carbocycles. The highest BCUT2D eigenvalue weighted by molar-refractivity contribution is 5.84. The number of benzene rings is 2. The highest BCUT2D eigenvalue weighted by Gasteiger charge is 2.15. The molecule has 2 aromatic heterocycles. The molecular weight excluding hydrogens is 318 g/mol. The summed E-state index contributed by atoms with van der Waals surface area (Å²) in [5.41, 5.74) is 8.47. The Hall–Kier alpha value is -2.94. The molecule has 0 amide bonds. The van der Waals surface area contributed by atoms with Gasteiger partial charge in [-0.15, -0.1) is 0 Å². The average molecular weight is 339 g/mol. The lowest BCUT2D eigenvalue weighted by Crippen LogP contribution is -2.08. The fourth-order valence-electron chi connectivity index (χ4n) is 4.06. The molecule has 2 heterocycles. The molecule has 0 atom stereocenters. The number of rotatable bonds is 2. The molecule has 4 aromatic rings. The van der Waals surface area contributed by atoms with Crippen LogP contribution in [0.1, 0.15) is 29.5 Å². The standard InChI is InChI=1S/C23H21N3/c1-16-13-22(25-21-11-5-4-9-19(16)21)18-14-24-26(15-18)23-12-6-8-17-7-2-3-10-20(17)23/h4-6,8-9,11-15H,2-3,7,10H2,1H3. The summed E-state index contributed by atoms with van der Waals surface area (Å²) < 4.78 is 2.02. The third-order valence-electron chi connectivity index (χ3n) is 5.42. The Labute approximate surface area is 153 Å². The van der Waals surface area contributed by atoms with Crippen LogP contribution in [-0.2, 0) is 12.8 Å². The number of pyridine rings is 1. The second kappa shape index (κ2) is 6.10. The Morgan fingerprint density at radius 3 is 2.81 bits per heavy atom. The van der Waals surface area contributed by atoms with Crippen molar-refractivity contribution in [1.29, 1.82) is 0 Å². The molecule has 1 aliphatic carbocycles. The summed E-state index contributed by atoms with van der Waals surface area (Å²) in [6.45, 7) is 2.14. The molecule has 128 valence electrons. The van der Waals surface area contributed by atoms with Crippen LogP contribution in [0.3, 0.4) is 0 Å². The summed E-state index contributed by atoms with van der Waals surface area (Å²) >= 11 is 0. The van der Waals surface area contributed by atoms with Gasteiger partial charge in [-0.05, 0) is 67.5 Å². The molecule has 0 radical (unpaired) electrons. The zero-order chi connectivity index (χ0) is 17.5. The first-order valence-corrected chi connectivity index (χ1v) is 9.32. The molecule has 5 rings (SSSR count). The van der Waals surface area contributed by atoms with Gasteiger partial charge < -0.3 is 0 Å². The zero-order valence-corrected chi connectivity index (χ0v) is 14.9. The number of aryl methyl sites for hydroxylation is 2. The van der Waals surface area contributed by atoms with E-state index in [-0.39, 0.29) is 0 Å². The quantitative estimate of drug-likeness (QED) is 0.498. The minimum atomic E-state index is 0.984. The van der Waals surface area contributed by atoms with E-state index in [0.29, 0.717) is 0 Å². The van der Waals surface area contributed by atoms with Crippen LogP contribution in [0, 0.1) is 6.92 Å². The van der Waals surface area contributed by atoms with Gasteiger partial charge in [-0.25, -0.2) is 9.67 Å². The van der Waals surface area contributed by atoms with Crippen LogP contribution in [0.25, 0.3) is 27.8 Å². The first-order valence-electron chi connectivity index (χ1n) is 9.32. The van der Waals surface area contributed by atoms with Gasteiger partial charge in [-0.1, -0.05) is 30.3 Å². The number of fused-ring (bicyclic) bond motifs is 2. The Bertz CT molecular complexity index is 1110. The highest BCUT2D eigenvalue weighted by atomic mass is 15.3. The van der Waals surface area contributed by atoms with E-state index in [2.05, 4.69) is 60.7 Å². The maximum Gasteiger partial charge on any atom is 0.0744 e. The molecular formula is C23H21N3. The van der Waals surface area contributed by atoms with E-state index in [4.69, 9.17) is 4.98 Å². The first kappa shape index (κ1) is 15.3. The SMILES string of the molecule is Cc1cc(-c2cnn(-c3cccc4c3CCCC4)c2)nc2ccccc12. The molecule has 1 aliphatic rings. The summed E-state index contributed by atoms with van der Waals surface area (Å²) in [6.07, 6.45) is 8.93. The fourth-order valence-corrected chi connectivity index (χ4v) is 4.06. The van der Waals surface area contributed by atoms with Gasteiger partial charge in [0.25, 0.3) is 0 Å². The van der Waals surface area contributed by atoms with Crippen molar-refractivity contribution in [2.75, 3.05) is 0 Å². The first-order chi connectivity index (χ1) is 12.8. The third-order valence-corrected chi connectivity index (χ3v) is 5.42.